The zero-order valence-corrected chi connectivity index (χ0v) is 18.9. The number of halogens is 3. The van der Waals surface area contributed by atoms with E-state index >= 15 is 0 Å². The monoisotopic (exact) mass is 470 g/mol. The lowest BCUT2D eigenvalue weighted by atomic mass is 10.1. The van der Waals surface area contributed by atoms with Crippen LogP contribution in [0.2, 0.25) is 0 Å². The van der Waals surface area contributed by atoms with Crippen molar-refractivity contribution in [2.24, 2.45) is 7.05 Å². The van der Waals surface area contributed by atoms with Gasteiger partial charge in [0.2, 0.25) is 15.0 Å². The molecule has 0 spiro atoms. The summed E-state index contributed by atoms with van der Waals surface area (Å²) in [6.07, 6.45) is -3.38. The first-order valence-electron chi connectivity index (χ1n) is 9.39. The molecule has 0 unspecified atom stereocenters. The second kappa shape index (κ2) is 9.05. The Morgan fingerprint density at radius 3 is 2.35 bits per heavy atom. The van der Waals surface area contributed by atoms with Crippen LogP contribution in [0.1, 0.15) is 5.56 Å². The molecule has 2 aromatic carbocycles. The first-order valence-corrected chi connectivity index (χ1v) is 11.9. The second-order valence-electron chi connectivity index (χ2n) is 7.13. The minimum atomic E-state index is -4.40. The van der Waals surface area contributed by atoms with Gasteiger partial charge in [0.25, 0.3) is 0 Å². The van der Waals surface area contributed by atoms with Crippen LogP contribution in [0.5, 0.6) is 0 Å². The predicted molar refractivity (Wildman–Crippen MR) is 117 cm³/mol. The van der Waals surface area contributed by atoms with E-state index in [4.69, 9.17) is 0 Å². The second-order valence-corrected chi connectivity index (χ2v) is 9.98. The first kappa shape index (κ1) is 23.4. The van der Waals surface area contributed by atoms with Crippen molar-refractivity contribution in [1.29, 1.82) is 0 Å². The fraction of sp³-hybridized carbons (Fsp3) is 0.286. The number of thioether (sulfide) groups is 1. The van der Waals surface area contributed by atoms with Crippen LogP contribution >= 0.6 is 11.8 Å². The van der Waals surface area contributed by atoms with Crippen molar-refractivity contribution < 1.29 is 26.2 Å². The van der Waals surface area contributed by atoms with E-state index in [-0.39, 0.29) is 11.4 Å². The number of fused-ring (bicyclic) bond motifs is 1. The van der Waals surface area contributed by atoms with Crippen molar-refractivity contribution in [3.8, 4) is 0 Å². The van der Waals surface area contributed by atoms with Gasteiger partial charge in [-0.05, 0) is 18.2 Å². The quantitative estimate of drug-likeness (QED) is 0.324. The van der Waals surface area contributed by atoms with E-state index in [2.05, 4.69) is 4.72 Å². The molecular formula is C21H23F3N3O2S2+. The van der Waals surface area contributed by atoms with Crippen molar-refractivity contribution in [3.05, 3.63) is 60.3 Å². The molecule has 0 saturated carbocycles. The van der Waals surface area contributed by atoms with Gasteiger partial charge in [-0.15, -0.1) is 0 Å². The molecule has 3 rings (SSSR count). The van der Waals surface area contributed by atoms with Crippen LogP contribution in [0.25, 0.3) is 10.8 Å². The van der Waals surface area contributed by atoms with Gasteiger partial charge in [0.15, 0.2) is 6.20 Å². The third-order valence-corrected chi connectivity index (χ3v) is 7.33. The SMILES string of the molecule is CN(C)c1cccc2c(S(=O)(=O)NCCSc3ccc(C(F)(F)F)c[n+]3C)cccc12. The largest absolute Gasteiger partial charge is 0.422 e. The number of nitrogens with zero attached hydrogens (tertiary/aromatic N) is 2. The smallest absolute Gasteiger partial charge is 0.377 e. The lowest BCUT2D eigenvalue weighted by molar-refractivity contribution is -0.709. The molecule has 0 amide bonds. The molecule has 0 fully saturated rings. The number of sulfonamides is 1. The number of hydrogen-bond donors (Lipinski definition) is 1. The molecule has 1 aromatic heterocycles. The fourth-order valence-corrected chi connectivity index (χ4v) is 5.42. The Kier molecular flexibility index (Phi) is 6.82. The molecular weight excluding hydrogens is 447 g/mol. The number of pyridine rings is 1. The third kappa shape index (κ3) is 5.31. The standard InChI is InChI=1S/C21H23F3N3O2S2/c1-26(2)18-8-4-7-17-16(18)6-5-9-19(17)31(28,29)25-12-13-30-20-11-10-15(14-27(20)3)21(22,23)24/h4-11,14,25H,12-13H2,1-3H3/q+1. The van der Waals surface area contributed by atoms with Crippen molar-refractivity contribution >= 4 is 38.2 Å². The summed E-state index contributed by atoms with van der Waals surface area (Å²) >= 11 is 1.27. The molecule has 166 valence electrons. The van der Waals surface area contributed by atoms with Crippen LogP contribution in [0.4, 0.5) is 18.9 Å². The van der Waals surface area contributed by atoms with Gasteiger partial charge in [-0.1, -0.05) is 36.0 Å². The van der Waals surface area contributed by atoms with Crippen molar-refractivity contribution in [1.82, 2.24) is 4.72 Å². The zero-order chi connectivity index (χ0) is 22.8. The maximum Gasteiger partial charge on any atom is 0.422 e. The highest BCUT2D eigenvalue weighted by Crippen LogP contribution is 2.30. The van der Waals surface area contributed by atoms with E-state index in [1.165, 1.54) is 29.4 Å². The van der Waals surface area contributed by atoms with Gasteiger partial charge in [-0.2, -0.15) is 17.7 Å². The maximum absolute atomic E-state index is 12.9. The Balaban J connectivity index is 1.71. The number of aryl methyl sites for hydroxylation is 1. The Morgan fingerprint density at radius 1 is 1.03 bits per heavy atom. The fourth-order valence-electron chi connectivity index (χ4n) is 3.21. The highest BCUT2D eigenvalue weighted by Gasteiger charge is 2.33. The van der Waals surface area contributed by atoms with Crippen LogP contribution in [0.15, 0.2) is 64.6 Å². The van der Waals surface area contributed by atoms with Crippen LogP contribution in [0, 0.1) is 0 Å². The summed E-state index contributed by atoms with van der Waals surface area (Å²) in [6, 6.07) is 13.1. The Labute approximate surface area is 183 Å². The van der Waals surface area contributed by atoms with Crippen LogP contribution in [-0.4, -0.2) is 34.8 Å². The summed E-state index contributed by atoms with van der Waals surface area (Å²) in [5, 5.41) is 2.07. The number of aromatic nitrogens is 1. The van der Waals surface area contributed by atoms with Gasteiger partial charge < -0.3 is 4.90 Å². The molecule has 0 saturated heterocycles. The molecule has 10 heteroatoms. The zero-order valence-electron chi connectivity index (χ0n) is 17.3. The highest BCUT2D eigenvalue weighted by atomic mass is 32.2. The lowest BCUT2D eigenvalue weighted by Crippen LogP contribution is -2.33. The van der Waals surface area contributed by atoms with Crippen LogP contribution < -0.4 is 14.2 Å². The Hall–Kier alpha value is -2.30. The maximum atomic E-state index is 12.9. The summed E-state index contributed by atoms with van der Waals surface area (Å²) in [7, 11) is 1.56. The molecule has 31 heavy (non-hydrogen) atoms. The van der Waals surface area contributed by atoms with Gasteiger partial charge in [0.05, 0.1) is 4.90 Å². The molecule has 0 aliphatic rings. The van der Waals surface area contributed by atoms with Gasteiger partial charge in [-0.25, -0.2) is 13.1 Å². The van der Waals surface area contributed by atoms with Crippen molar-refractivity contribution in [3.63, 3.8) is 0 Å². The number of anilines is 1. The molecule has 0 aliphatic carbocycles. The molecule has 1 N–H and O–H groups in total. The molecule has 1 heterocycles. The molecule has 0 radical (unpaired) electrons. The summed E-state index contributed by atoms with van der Waals surface area (Å²) in [6.45, 7) is 0.137. The highest BCUT2D eigenvalue weighted by molar-refractivity contribution is 7.99. The summed E-state index contributed by atoms with van der Waals surface area (Å²) in [5.41, 5.74) is 0.188. The third-order valence-electron chi connectivity index (χ3n) is 4.69. The van der Waals surface area contributed by atoms with E-state index in [0.29, 0.717) is 16.2 Å². The predicted octanol–water partition coefficient (Wildman–Crippen LogP) is 3.82. The summed E-state index contributed by atoms with van der Waals surface area (Å²) in [4.78, 5) is 2.12. The Bertz CT molecular complexity index is 1200. The van der Waals surface area contributed by atoms with Gasteiger partial charge in [0, 0.05) is 48.9 Å². The minimum absolute atomic E-state index is 0.137. The van der Waals surface area contributed by atoms with Gasteiger partial charge in [-0.3, -0.25) is 0 Å². The summed E-state index contributed by atoms with van der Waals surface area (Å²) < 4.78 is 68.1. The molecule has 0 atom stereocenters. The van der Waals surface area contributed by atoms with E-state index < -0.39 is 21.8 Å². The van der Waals surface area contributed by atoms with E-state index in [1.54, 1.807) is 18.2 Å². The number of hydrogen-bond acceptors (Lipinski definition) is 4. The average molecular weight is 471 g/mol. The number of benzene rings is 2. The van der Waals surface area contributed by atoms with E-state index in [1.807, 2.05) is 37.2 Å². The van der Waals surface area contributed by atoms with Gasteiger partial charge >= 0.3 is 6.18 Å². The Morgan fingerprint density at radius 2 is 1.71 bits per heavy atom. The molecule has 0 aliphatic heterocycles. The van der Waals surface area contributed by atoms with Gasteiger partial charge in [0.1, 0.15) is 12.6 Å². The van der Waals surface area contributed by atoms with Crippen molar-refractivity contribution in [2.45, 2.75) is 16.1 Å². The minimum Gasteiger partial charge on any atom is -0.377 e. The summed E-state index contributed by atoms with van der Waals surface area (Å²) in [5.74, 6) is 0.367. The number of nitrogens with one attached hydrogen (secondary N) is 1. The first-order chi connectivity index (χ1) is 14.5. The van der Waals surface area contributed by atoms with Crippen LogP contribution in [0.3, 0.4) is 0 Å². The average Bonchev–Trinajstić information content (AvgIpc) is 2.70. The normalized spacial score (nSPS) is 12.3. The lowest BCUT2D eigenvalue weighted by Gasteiger charge is -2.17. The van der Waals surface area contributed by atoms with Crippen LogP contribution in [-0.2, 0) is 23.2 Å². The number of alkyl halides is 3. The number of rotatable bonds is 7. The molecule has 0 bridgehead atoms. The molecule has 3 aromatic rings. The molecule has 5 nitrogen and oxygen atoms in total. The topological polar surface area (TPSA) is 53.3 Å². The van der Waals surface area contributed by atoms with E-state index in [9.17, 15) is 21.6 Å². The van der Waals surface area contributed by atoms with E-state index in [0.717, 1.165) is 23.3 Å². The van der Waals surface area contributed by atoms with Crippen molar-refractivity contribution in [2.75, 3.05) is 31.3 Å².